The average molecular weight is 373 g/mol. The van der Waals surface area contributed by atoms with Crippen LogP contribution in [0.15, 0.2) is 41.9 Å². The molecule has 1 aromatic carbocycles. The molecule has 1 aliphatic carbocycles. The Morgan fingerprint density at radius 1 is 1.30 bits per heavy atom. The summed E-state index contributed by atoms with van der Waals surface area (Å²) in [5, 5.41) is 6.49. The number of ether oxygens (including phenoxy) is 2. The number of nitrogens with zero attached hydrogens (tertiary/aromatic N) is 1. The normalized spacial score (nSPS) is 14.6. The van der Waals surface area contributed by atoms with Gasteiger partial charge in [0.15, 0.2) is 5.96 Å². The third kappa shape index (κ3) is 7.72. The molecule has 0 aromatic heterocycles. The summed E-state index contributed by atoms with van der Waals surface area (Å²) in [5.41, 5.74) is 1.04. The van der Waals surface area contributed by atoms with Crippen LogP contribution in [-0.4, -0.2) is 38.2 Å². The molecule has 0 amide bonds. The maximum absolute atomic E-state index is 11.8. The van der Waals surface area contributed by atoms with Gasteiger partial charge in [-0.3, -0.25) is 9.79 Å². The van der Waals surface area contributed by atoms with E-state index in [0.717, 1.165) is 24.2 Å². The zero-order valence-electron chi connectivity index (χ0n) is 16.2. The lowest BCUT2D eigenvalue weighted by molar-refractivity contribution is -0.148. The highest BCUT2D eigenvalue weighted by Crippen LogP contribution is 2.21. The van der Waals surface area contributed by atoms with E-state index in [1.807, 2.05) is 24.3 Å². The van der Waals surface area contributed by atoms with Crippen molar-refractivity contribution in [3.05, 3.63) is 42.5 Å². The Labute approximate surface area is 162 Å². The molecule has 0 heterocycles. The molecule has 148 valence electrons. The first kappa shape index (κ1) is 20.8. The molecule has 6 heteroatoms. The molecule has 1 aromatic rings. The molecule has 27 heavy (non-hydrogen) atoms. The van der Waals surface area contributed by atoms with Crippen molar-refractivity contribution in [1.82, 2.24) is 10.6 Å². The van der Waals surface area contributed by atoms with Crippen LogP contribution in [0.5, 0.6) is 5.75 Å². The molecule has 0 saturated heterocycles. The summed E-state index contributed by atoms with van der Waals surface area (Å²) in [4.78, 5) is 16.0. The van der Waals surface area contributed by atoms with Crippen molar-refractivity contribution < 1.29 is 14.3 Å². The Kier molecular flexibility index (Phi) is 9.24. The van der Waals surface area contributed by atoms with Gasteiger partial charge in [-0.25, -0.2) is 0 Å². The van der Waals surface area contributed by atoms with Crippen LogP contribution in [0.1, 0.15) is 44.1 Å². The summed E-state index contributed by atoms with van der Waals surface area (Å²) in [6.07, 6.45) is 7.37. The molecule has 1 fully saturated rings. The molecule has 0 unspecified atom stereocenters. The molecule has 1 aliphatic rings. The minimum absolute atomic E-state index is 0.0973. The first-order valence-electron chi connectivity index (χ1n) is 9.68. The zero-order chi connectivity index (χ0) is 19.3. The number of benzene rings is 1. The lowest BCUT2D eigenvalue weighted by Gasteiger charge is -2.14. The third-order valence-corrected chi connectivity index (χ3v) is 4.45. The van der Waals surface area contributed by atoms with Gasteiger partial charge in [-0.1, -0.05) is 30.9 Å². The van der Waals surface area contributed by atoms with Crippen LogP contribution in [0.25, 0.3) is 0 Å². The molecular weight excluding hydrogens is 342 g/mol. The fourth-order valence-corrected chi connectivity index (χ4v) is 3.03. The minimum atomic E-state index is -0.0973. The van der Waals surface area contributed by atoms with E-state index < -0.39 is 0 Å². The molecule has 2 N–H and O–H groups in total. The maximum Gasteiger partial charge on any atom is 0.306 e. The van der Waals surface area contributed by atoms with Crippen LogP contribution in [0.3, 0.4) is 0 Å². The van der Waals surface area contributed by atoms with Gasteiger partial charge in [-0.2, -0.15) is 0 Å². The Morgan fingerprint density at radius 2 is 2.07 bits per heavy atom. The molecular formula is C21H31N3O3. The second-order valence-corrected chi connectivity index (χ2v) is 6.56. The van der Waals surface area contributed by atoms with E-state index >= 15 is 0 Å². The molecule has 0 bridgehead atoms. The first-order chi connectivity index (χ1) is 13.2. The smallest absolute Gasteiger partial charge is 0.306 e. The fraction of sp³-hybridized carbons (Fsp3) is 0.524. The molecule has 0 spiro atoms. The molecule has 0 radical (unpaired) electrons. The number of aliphatic imine (C=N–C) groups is 1. The second kappa shape index (κ2) is 12.0. The van der Waals surface area contributed by atoms with Crippen molar-refractivity contribution in [1.29, 1.82) is 0 Å². The summed E-state index contributed by atoms with van der Waals surface area (Å²) in [6.45, 7) is 5.40. The third-order valence-electron chi connectivity index (χ3n) is 4.45. The Balaban J connectivity index is 1.67. The van der Waals surface area contributed by atoms with Crippen molar-refractivity contribution in [3.63, 3.8) is 0 Å². The Morgan fingerprint density at radius 3 is 2.81 bits per heavy atom. The Hall–Kier alpha value is -2.50. The highest BCUT2D eigenvalue weighted by atomic mass is 16.5. The quantitative estimate of drug-likeness (QED) is 0.217. The van der Waals surface area contributed by atoms with E-state index in [9.17, 15) is 4.79 Å². The van der Waals surface area contributed by atoms with Crippen molar-refractivity contribution in [2.45, 2.75) is 51.2 Å². The van der Waals surface area contributed by atoms with Gasteiger partial charge in [0, 0.05) is 32.1 Å². The predicted molar refractivity (Wildman–Crippen MR) is 108 cm³/mol. The first-order valence-corrected chi connectivity index (χ1v) is 9.68. The number of guanidine groups is 1. The number of nitrogens with one attached hydrogen (secondary N) is 2. The van der Waals surface area contributed by atoms with E-state index in [1.54, 1.807) is 13.1 Å². The van der Waals surface area contributed by atoms with E-state index in [-0.39, 0.29) is 12.1 Å². The van der Waals surface area contributed by atoms with Gasteiger partial charge in [0.05, 0.1) is 0 Å². The minimum Gasteiger partial charge on any atom is -0.489 e. The van der Waals surface area contributed by atoms with Crippen molar-refractivity contribution >= 4 is 11.9 Å². The second-order valence-electron chi connectivity index (χ2n) is 6.56. The van der Waals surface area contributed by atoms with Crippen molar-refractivity contribution in [2.75, 3.05) is 20.2 Å². The number of rotatable bonds is 10. The van der Waals surface area contributed by atoms with Crippen molar-refractivity contribution in [2.24, 2.45) is 4.99 Å². The fourth-order valence-electron chi connectivity index (χ4n) is 3.03. The topological polar surface area (TPSA) is 72.0 Å². The number of hydrogen-bond donors (Lipinski definition) is 2. The molecule has 2 rings (SSSR count). The van der Waals surface area contributed by atoms with Crippen LogP contribution >= 0.6 is 0 Å². The van der Waals surface area contributed by atoms with E-state index in [1.165, 1.54) is 12.8 Å². The predicted octanol–water partition coefficient (Wildman–Crippen LogP) is 3.18. The van der Waals surface area contributed by atoms with Crippen LogP contribution in [-0.2, 0) is 16.1 Å². The lowest BCUT2D eigenvalue weighted by Crippen LogP contribution is -2.37. The summed E-state index contributed by atoms with van der Waals surface area (Å²) in [5.74, 6) is 1.42. The van der Waals surface area contributed by atoms with Gasteiger partial charge in [0.2, 0.25) is 0 Å². The van der Waals surface area contributed by atoms with Crippen molar-refractivity contribution in [3.8, 4) is 5.75 Å². The summed E-state index contributed by atoms with van der Waals surface area (Å²) >= 11 is 0. The number of para-hydroxylation sites is 1. The number of carbonyl (C=O) groups is 1. The van der Waals surface area contributed by atoms with Gasteiger partial charge in [-0.05, 0) is 38.2 Å². The highest BCUT2D eigenvalue weighted by Gasteiger charge is 2.18. The largest absolute Gasteiger partial charge is 0.489 e. The average Bonchev–Trinajstić information content (AvgIpc) is 3.19. The standard InChI is InChI=1S/C21H31N3O3/c1-3-15-26-19-12-7-4-9-17(19)16-24-21(22-2)23-14-8-13-20(25)27-18-10-5-6-11-18/h3-4,7,9,12,18H,1,5-6,8,10-11,13-16H2,2H3,(H2,22,23,24). The maximum atomic E-state index is 11.8. The van der Waals surface area contributed by atoms with Crippen LogP contribution in [0, 0.1) is 0 Å². The molecule has 6 nitrogen and oxygen atoms in total. The summed E-state index contributed by atoms with van der Waals surface area (Å²) < 4.78 is 11.1. The van der Waals surface area contributed by atoms with Gasteiger partial charge >= 0.3 is 5.97 Å². The zero-order valence-corrected chi connectivity index (χ0v) is 16.2. The lowest BCUT2D eigenvalue weighted by atomic mass is 10.2. The van der Waals surface area contributed by atoms with Crippen LogP contribution in [0.4, 0.5) is 0 Å². The number of hydrogen-bond acceptors (Lipinski definition) is 4. The van der Waals surface area contributed by atoms with Gasteiger partial charge in [-0.15, -0.1) is 0 Å². The van der Waals surface area contributed by atoms with Gasteiger partial charge in [0.1, 0.15) is 18.5 Å². The summed E-state index contributed by atoms with van der Waals surface area (Å²) in [6, 6.07) is 7.87. The van der Waals surface area contributed by atoms with Gasteiger partial charge < -0.3 is 20.1 Å². The van der Waals surface area contributed by atoms with Crippen LogP contribution in [0.2, 0.25) is 0 Å². The van der Waals surface area contributed by atoms with E-state index in [0.29, 0.717) is 38.5 Å². The van der Waals surface area contributed by atoms with Crippen LogP contribution < -0.4 is 15.4 Å². The summed E-state index contributed by atoms with van der Waals surface area (Å²) in [7, 11) is 1.73. The highest BCUT2D eigenvalue weighted by molar-refractivity contribution is 5.79. The monoisotopic (exact) mass is 373 g/mol. The Bertz CT molecular complexity index is 625. The van der Waals surface area contributed by atoms with E-state index in [4.69, 9.17) is 9.47 Å². The number of carbonyl (C=O) groups excluding carboxylic acids is 1. The van der Waals surface area contributed by atoms with E-state index in [2.05, 4.69) is 22.2 Å². The molecule has 1 saturated carbocycles. The SMILES string of the molecule is C=CCOc1ccccc1CNC(=NC)NCCCC(=O)OC1CCCC1. The molecule has 0 aliphatic heterocycles. The molecule has 0 atom stereocenters. The van der Waals surface area contributed by atoms with Gasteiger partial charge in [0.25, 0.3) is 0 Å². The number of esters is 1.